The third kappa shape index (κ3) is 2.66. The first-order valence-corrected chi connectivity index (χ1v) is 8.97. The van der Waals surface area contributed by atoms with Gasteiger partial charge in [0.1, 0.15) is 5.52 Å². The van der Waals surface area contributed by atoms with Crippen LogP contribution in [0.25, 0.3) is 5.52 Å². The number of benzene rings is 1. The zero-order valence-electron chi connectivity index (χ0n) is 13.9. The lowest BCUT2D eigenvalue weighted by atomic mass is 9.93. The quantitative estimate of drug-likeness (QED) is 0.472. The van der Waals surface area contributed by atoms with Crippen LogP contribution >= 0.6 is 15.9 Å². The van der Waals surface area contributed by atoms with Crippen LogP contribution in [0, 0.1) is 10.1 Å². The SMILES string of the molecule is CC1c2ccccc2CCN1C(=O)c1cc2c([N+](=O)[O-])cc(Br)cn2n1. The number of fused-ring (bicyclic) bond motifs is 2. The van der Waals surface area contributed by atoms with Crippen LogP contribution in [0.1, 0.15) is 34.6 Å². The number of carbonyl (C=O) groups is 1. The minimum Gasteiger partial charge on any atom is -0.330 e. The molecular formula is C18H15BrN4O3. The van der Waals surface area contributed by atoms with Crippen molar-refractivity contribution in [2.75, 3.05) is 6.54 Å². The van der Waals surface area contributed by atoms with Crippen molar-refractivity contribution in [1.29, 1.82) is 0 Å². The van der Waals surface area contributed by atoms with Crippen LogP contribution < -0.4 is 0 Å². The Hall–Kier alpha value is -2.74. The number of hydrogen-bond acceptors (Lipinski definition) is 4. The third-order valence-corrected chi connectivity index (χ3v) is 5.22. The number of nitrogens with zero attached hydrogens (tertiary/aromatic N) is 4. The molecule has 1 aliphatic rings. The Labute approximate surface area is 157 Å². The summed E-state index contributed by atoms with van der Waals surface area (Å²) in [5.41, 5.74) is 2.79. The molecule has 1 aromatic carbocycles. The van der Waals surface area contributed by atoms with Crippen molar-refractivity contribution >= 4 is 33.0 Å². The molecular weight excluding hydrogens is 400 g/mol. The van der Waals surface area contributed by atoms with Crippen LogP contribution in [0.15, 0.2) is 47.1 Å². The number of halogens is 1. The summed E-state index contributed by atoms with van der Waals surface area (Å²) in [6, 6.07) is 10.9. The molecule has 3 heterocycles. The highest BCUT2D eigenvalue weighted by Gasteiger charge is 2.30. The number of rotatable bonds is 2. The molecule has 1 amide bonds. The molecule has 0 aliphatic carbocycles. The monoisotopic (exact) mass is 414 g/mol. The van der Waals surface area contributed by atoms with Crippen molar-refractivity contribution in [3.63, 3.8) is 0 Å². The molecule has 0 saturated heterocycles. The van der Waals surface area contributed by atoms with Crippen molar-refractivity contribution in [3.8, 4) is 0 Å². The highest BCUT2D eigenvalue weighted by molar-refractivity contribution is 9.10. The maximum absolute atomic E-state index is 13.0. The molecule has 0 saturated carbocycles. The molecule has 1 atom stereocenters. The van der Waals surface area contributed by atoms with Gasteiger partial charge in [0.2, 0.25) is 0 Å². The molecule has 2 aromatic heterocycles. The number of nitro groups is 1. The van der Waals surface area contributed by atoms with E-state index in [1.54, 1.807) is 11.1 Å². The lowest BCUT2D eigenvalue weighted by Crippen LogP contribution is -2.39. The van der Waals surface area contributed by atoms with E-state index in [-0.39, 0.29) is 23.3 Å². The van der Waals surface area contributed by atoms with Gasteiger partial charge < -0.3 is 4.90 Å². The number of aromatic nitrogens is 2. The minimum absolute atomic E-state index is 0.0704. The van der Waals surface area contributed by atoms with Gasteiger partial charge in [0.25, 0.3) is 11.6 Å². The zero-order valence-corrected chi connectivity index (χ0v) is 15.5. The molecule has 8 heteroatoms. The van der Waals surface area contributed by atoms with Gasteiger partial charge in [0.05, 0.1) is 11.0 Å². The van der Waals surface area contributed by atoms with E-state index in [0.717, 1.165) is 12.0 Å². The molecule has 132 valence electrons. The maximum Gasteiger partial charge on any atom is 0.296 e. The van der Waals surface area contributed by atoms with Gasteiger partial charge >= 0.3 is 0 Å². The molecule has 0 radical (unpaired) electrons. The summed E-state index contributed by atoms with van der Waals surface area (Å²) in [4.78, 5) is 25.6. The maximum atomic E-state index is 13.0. The highest BCUT2D eigenvalue weighted by atomic mass is 79.9. The molecule has 1 aliphatic heterocycles. The van der Waals surface area contributed by atoms with E-state index in [9.17, 15) is 14.9 Å². The number of amides is 1. The molecule has 0 N–H and O–H groups in total. The summed E-state index contributed by atoms with van der Waals surface area (Å²) in [6.07, 6.45) is 2.39. The van der Waals surface area contributed by atoms with Crippen LogP contribution in [-0.2, 0) is 6.42 Å². The van der Waals surface area contributed by atoms with Crippen LogP contribution in [0.5, 0.6) is 0 Å². The Morgan fingerprint density at radius 3 is 2.88 bits per heavy atom. The molecule has 4 rings (SSSR count). The second-order valence-electron chi connectivity index (χ2n) is 6.28. The summed E-state index contributed by atoms with van der Waals surface area (Å²) in [5, 5.41) is 15.6. The normalized spacial score (nSPS) is 16.5. The van der Waals surface area contributed by atoms with Gasteiger partial charge in [0, 0.05) is 29.3 Å². The Balaban J connectivity index is 1.73. The standard InChI is InChI=1S/C18H15BrN4O3/c1-11-14-5-3-2-4-12(14)6-7-21(11)18(24)15-9-16-17(23(25)26)8-13(19)10-22(16)20-15/h2-5,8-11H,6-7H2,1H3. The summed E-state index contributed by atoms with van der Waals surface area (Å²) in [5.74, 6) is -0.221. The van der Waals surface area contributed by atoms with Gasteiger partial charge in [-0.05, 0) is 40.4 Å². The molecule has 26 heavy (non-hydrogen) atoms. The smallest absolute Gasteiger partial charge is 0.296 e. The lowest BCUT2D eigenvalue weighted by molar-refractivity contribution is -0.383. The molecule has 0 bridgehead atoms. The van der Waals surface area contributed by atoms with E-state index < -0.39 is 4.92 Å². The first-order chi connectivity index (χ1) is 12.5. The zero-order chi connectivity index (χ0) is 18.4. The number of pyridine rings is 1. The summed E-state index contributed by atoms with van der Waals surface area (Å²) in [6.45, 7) is 2.58. The van der Waals surface area contributed by atoms with Crippen molar-refractivity contribution in [2.24, 2.45) is 0 Å². The van der Waals surface area contributed by atoms with E-state index in [4.69, 9.17) is 0 Å². The number of hydrogen-bond donors (Lipinski definition) is 0. The topological polar surface area (TPSA) is 80.8 Å². The fraction of sp³-hybridized carbons (Fsp3) is 0.222. The average molecular weight is 415 g/mol. The van der Waals surface area contributed by atoms with Crippen LogP contribution in [0.3, 0.4) is 0 Å². The second-order valence-corrected chi connectivity index (χ2v) is 7.20. The van der Waals surface area contributed by atoms with E-state index in [2.05, 4.69) is 27.1 Å². The predicted octanol–water partition coefficient (Wildman–Crippen LogP) is 3.76. The largest absolute Gasteiger partial charge is 0.330 e. The molecule has 3 aromatic rings. The van der Waals surface area contributed by atoms with Gasteiger partial charge in [-0.25, -0.2) is 4.52 Å². The fourth-order valence-electron chi connectivity index (χ4n) is 3.49. The van der Waals surface area contributed by atoms with Crippen molar-refractivity contribution in [3.05, 3.63) is 74.0 Å². The molecule has 0 spiro atoms. The van der Waals surface area contributed by atoms with Crippen LogP contribution in [0.2, 0.25) is 0 Å². The van der Waals surface area contributed by atoms with E-state index in [1.165, 1.54) is 22.2 Å². The van der Waals surface area contributed by atoms with E-state index in [1.807, 2.05) is 25.1 Å². The van der Waals surface area contributed by atoms with Gasteiger partial charge in [-0.3, -0.25) is 14.9 Å². The van der Waals surface area contributed by atoms with Crippen molar-refractivity contribution < 1.29 is 9.72 Å². The Morgan fingerprint density at radius 2 is 2.12 bits per heavy atom. The Kier molecular flexibility index (Phi) is 3.99. The highest BCUT2D eigenvalue weighted by Crippen LogP contribution is 2.31. The predicted molar refractivity (Wildman–Crippen MR) is 99.1 cm³/mol. The average Bonchev–Trinajstić information content (AvgIpc) is 3.04. The first-order valence-electron chi connectivity index (χ1n) is 8.18. The molecule has 1 unspecified atom stereocenters. The summed E-state index contributed by atoms with van der Waals surface area (Å²) >= 11 is 3.24. The fourth-order valence-corrected chi connectivity index (χ4v) is 3.90. The molecule has 0 fully saturated rings. The minimum atomic E-state index is -0.476. The second kappa shape index (κ2) is 6.21. The van der Waals surface area contributed by atoms with Gasteiger partial charge in [-0.2, -0.15) is 5.10 Å². The lowest BCUT2D eigenvalue weighted by Gasteiger charge is -2.34. The van der Waals surface area contributed by atoms with Gasteiger partial charge in [0.15, 0.2) is 5.69 Å². The first kappa shape index (κ1) is 16.7. The summed E-state index contributed by atoms with van der Waals surface area (Å²) in [7, 11) is 0. The van der Waals surface area contributed by atoms with Crippen LogP contribution in [0.4, 0.5) is 5.69 Å². The van der Waals surface area contributed by atoms with Crippen molar-refractivity contribution in [1.82, 2.24) is 14.5 Å². The Bertz CT molecular complexity index is 1050. The van der Waals surface area contributed by atoms with Crippen molar-refractivity contribution in [2.45, 2.75) is 19.4 Å². The molecule has 7 nitrogen and oxygen atoms in total. The number of carbonyl (C=O) groups excluding carboxylic acids is 1. The van der Waals surface area contributed by atoms with Gasteiger partial charge in [-0.15, -0.1) is 0 Å². The van der Waals surface area contributed by atoms with E-state index in [0.29, 0.717) is 16.5 Å². The van der Waals surface area contributed by atoms with Gasteiger partial charge in [-0.1, -0.05) is 24.3 Å². The summed E-state index contributed by atoms with van der Waals surface area (Å²) < 4.78 is 1.90. The third-order valence-electron chi connectivity index (χ3n) is 4.79. The van der Waals surface area contributed by atoms with Crippen LogP contribution in [-0.4, -0.2) is 31.9 Å². The Morgan fingerprint density at radius 1 is 1.35 bits per heavy atom. The van der Waals surface area contributed by atoms with E-state index >= 15 is 0 Å².